The number of hydrogen-bond acceptors (Lipinski definition) is 3. The van der Waals surface area contributed by atoms with Crippen molar-refractivity contribution in [3.05, 3.63) is 83.7 Å². The summed E-state index contributed by atoms with van der Waals surface area (Å²) in [7, 11) is 0. The molecule has 0 aliphatic rings. The van der Waals surface area contributed by atoms with Crippen LogP contribution in [0.15, 0.2) is 66.9 Å². The molecule has 0 unspecified atom stereocenters. The van der Waals surface area contributed by atoms with Gasteiger partial charge in [-0.3, -0.25) is 4.79 Å². The molecule has 138 valence electrons. The second kappa shape index (κ2) is 7.49. The van der Waals surface area contributed by atoms with E-state index < -0.39 is 17.6 Å². The van der Waals surface area contributed by atoms with Gasteiger partial charge < -0.3 is 10.6 Å². The number of rotatable bonds is 4. The smallest absolute Gasteiger partial charge is 0.354 e. The van der Waals surface area contributed by atoms with E-state index in [0.717, 1.165) is 11.6 Å². The molecule has 0 aliphatic heterocycles. The van der Waals surface area contributed by atoms with Crippen LogP contribution in [0.2, 0.25) is 0 Å². The van der Waals surface area contributed by atoms with Crippen LogP contribution < -0.4 is 10.6 Å². The number of amides is 1. The molecule has 4 nitrogen and oxygen atoms in total. The first-order valence-corrected chi connectivity index (χ1v) is 8.11. The van der Waals surface area contributed by atoms with E-state index >= 15 is 0 Å². The van der Waals surface area contributed by atoms with Crippen LogP contribution in [0.4, 0.5) is 30.2 Å². The van der Waals surface area contributed by atoms with Crippen LogP contribution >= 0.6 is 0 Å². The lowest BCUT2D eigenvalue weighted by molar-refractivity contribution is -0.136. The molecule has 0 bridgehead atoms. The standard InChI is InChI=1S/C20H16F3N3O/c1-13-6-2-4-8-16(13)26-19(27)18-11-10-14(12-24-18)25-17-9-5-3-7-15(17)20(21,22)23/h2-12,25H,1H3,(H,26,27). The Bertz CT molecular complexity index is 953. The molecule has 3 rings (SSSR count). The summed E-state index contributed by atoms with van der Waals surface area (Å²) in [5, 5.41) is 5.44. The molecule has 7 heteroatoms. The van der Waals surface area contributed by atoms with Crippen LogP contribution in [0.5, 0.6) is 0 Å². The maximum Gasteiger partial charge on any atom is 0.418 e. The van der Waals surface area contributed by atoms with Crippen LogP contribution in [0.3, 0.4) is 0 Å². The van der Waals surface area contributed by atoms with Crippen LogP contribution in [0, 0.1) is 6.92 Å². The molecule has 27 heavy (non-hydrogen) atoms. The molecule has 0 aliphatic carbocycles. The van der Waals surface area contributed by atoms with Crippen molar-refractivity contribution in [2.24, 2.45) is 0 Å². The highest BCUT2D eigenvalue weighted by molar-refractivity contribution is 6.03. The maximum atomic E-state index is 13.1. The molecular formula is C20H16F3N3O. The highest BCUT2D eigenvalue weighted by Gasteiger charge is 2.33. The molecule has 0 saturated carbocycles. The molecule has 1 amide bonds. The SMILES string of the molecule is Cc1ccccc1NC(=O)c1ccc(Nc2ccccc2C(F)(F)F)cn1. The van der Waals surface area contributed by atoms with Crippen molar-refractivity contribution in [3.8, 4) is 0 Å². The quantitative estimate of drug-likeness (QED) is 0.645. The summed E-state index contributed by atoms with van der Waals surface area (Å²) in [5.74, 6) is -0.397. The molecule has 0 atom stereocenters. The highest BCUT2D eigenvalue weighted by atomic mass is 19.4. The fraction of sp³-hybridized carbons (Fsp3) is 0.100. The number of pyridine rings is 1. The number of para-hydroxylation sites is 2. The Morgan fingerprint density at radius 3 is 2.22 bits per heavy atom. The minimum atomic E-state index is -4.47. The minimum Gasteiger partial charge on any atom is -0.354 e. The van der Waals surface area contributed by atoms with E-state index in [-0.39, 0.29) is 11.4 Å². The summed E-state index contributed by atoms with van der Waals surface area (Å²) in [6.07, 6.45) is -3.15. The zero-order chi connectivity index (χ0) is 19.4. The predicted molar refractivity (Wildman–Crippen MR) is 98.1 cm³/mol. The van der Waals surface area contributed by atoms with Gasteiger partial charge in [-0.15, -0.1) is 0 Å². The van der Waals surface area contributed by atoms with Crippen LogP contribution in [0.1, 0.15) is 21.6 Å². The third-order valence-electron chi connectivity index (χ3n) is 3.90. The molecular weight excluding hydrogens is 355 g/mol. The van der Waals surface area contributed by atoms with Crippen molar-refractivity contribution in [2.75, 3.05) is 10.6 Å². The van der Waals surface area contributed by atoms with Crippen LogP contribution in [-0.4, -0.2) is 10.9 Å². The second-order valence-electron chi connectivity index (χ2n) is 5.87. The number of benzene rings is 2. The van der Waals surface area contributed by atoms with Gasteiger partial charge in [-0.1, -0.05) is 30.3 Å². The Morgan fingerprint density at radius 1 is 0.926 bits per heavy atom. The maximum absolute atomic E-state index is 13.1. The van der Waals surface area contributed by atoms with Crippen molar-refractivity contribution in [1.29, 1.82) is 0 Å². The van der Waals surface area contributed by atoms with Gasteiger partial charge in [-0.05, 0) is 42.8 Å². The number of nitrogens with one attached hydrogen (secondary N) is 2. The number of nitrogens with zero attached hydrogens (tertiary/aromatic N) is 1. The molecule has 0 saturated heterocycles. The van der Waals surface area contributed by atoms with Gasteiger partial charge in [0, 0.05) is 5.69 Å². The van der Waals surface area contributed by atoms with Gasteiger partial charge in [0.1, 0.15) is 5.69 Å². The number of aryl methyl sites for hydroxylation is 1. The normalized spacial score (nSPS) is 11.1. The van der Waals surface area contributed by atoms with Crippen molar-refractivity contribution in [2.45, 2.75) is 13.1 Å². The number of hydrogen-bond donors (Lipinski definition) is 2. The predicted octanol–water partition coefficient (Wildman–Crippen LogP) is 5.40. The largest absolute Gasteiger partial charge is 0.418 e. The molecule has 1 aromatic heterocycles. The highest BCUT2D eigenvalue weighted by Crippen LogP contribution is 2.35. The van der Waals surface area contributed by atoms with E-state index in [4.69, 9.17) is 0 Å². The monoisotopic (exact) mass is 371 g/mol. The molecule has 0 fully saturated rings. The Hall–Kier alpha value is -3.35. The third kappa shape index (κ3) is 4.44. The Kier molecular flexibility index (Phi) is 5.12. The summed E-state index contributed by atoms with van der Waals surface area (Å²) < 4.78 is 39.2. The molecule has 2 aromatic carbocycles. The fourth-order valence-electron chi connectivity index (χ4n) is 2.50. The van der Waals surface area contributed by atoms with Gasteiger partial charge in [0.25, 0.3) is 5.91 Å². The topological polar surface area (TPSA) is 54.0 Å². The molecule has 1 heterocycles. The molecule has 2 N–H and O–H groups in total. The van der Waals surface area contributed by atoms with E-state index in [1.807, 2.05) is 19.1 Å². The van der Waals surface area contributed by atoms with Crippen LogP contribution in [-0.2, 0) is 6.18 Å². The Labute approximate surface area is 154 Å². The van der Waals surface area contributed by atoms with Crippen molar-refractivity contribution >= 4 is 23.0 Å². The van der Waals surface area contributed by atoms with Crippen molar-refractivity contribution < 1.29 is 18.0 Å². The summed E-state index contributed by atoms with van der Waals surface area (Å²) in [6, 6.07) is 15.4. The zero-order valence-corrected chi connectivity index (χ0v) is 14.3. The van der Waals surface area contributed by atoms with Gasteiger partial charge in [-0.2, -0.15) is 13.2 Å². The number of aromatic nitrogens is 1. The van der Waals surface area contributed by atoms with Gasteiger partial charge in [-0.25, -0.2) is 4.98 Å². The first-order chi connectivity index (χ1) is 12.8. The summed E-state index contributed by atoms with van der Waals surface area (Å²) in [6.45, 7) is 1.87. The Morgan fingerprint density at radius 2 is 1.59 bits per heavy atom. The molecule has 3 aromatic rings. The number of carbonyl (C=O) groups is 1. The van der Waals surface area contributed by atoms with Gasteiger partial charge >= 0.3 is 6.18 Å². The third-order valence-corrected chi connectivity index (χ3v) is 3.90. The van der Waals surface area contributed by atoms with Crippen molar-refractivity contribution in [1.82, 2.24) is 4.98 Å². The number of halogens is 3. The molecule has 0 radical (unpaired) electrons. The van der Waals surface area contributed by atoms with Gasteiger partial charge in [0.15, 0.2) is 0 Å². The van der Waals surface area contributed by atoms with E-state index in [9.17, 15) is 18.0 Å². The Balaban J connectivity index is 1.75. The van der Waals surface area contributed by atoms with E-state index in [2.05, 4.69) is 15.6 Å². The first-order valence-electron chi connectivity index (χ1n) is 8.11. The summed E-state index contributed by atoms with van der Waals surface area (Å²) >= 11 is 0. The van der Waals surface area contributed by atoms with Crippen molar-refractivity contribution in [3.63, 3.8) is 0 Å². The molecule has 0 spiro atoms. The fourth-order valence-corrected chi connectivity index (χ4v) is 2.50. The lowest BCUT2D eigenvalue weighted by atomic mass is 10.1. The summed E-state index contributed by atoms with van der Waals surface area (Å²) in [4.78, 5) is 16.3. The number of anilines is 3. The van der Waals surface area contributed by atoms with E-state index in [1.54, 1.807) is 12.1 Å². The summed E-state index contributed by atoms with van der Waals surface area (Å²) in [5.41, 5.74) is 1.24. The zero-order valence-electron chi connectivity index (χ0n) is 14.3. The average molecular weight is 371 g/mol. The van der Waals surface area contributed by atoms with Crippen LogP contribution in [0.25, 0.3) is 0 Å². The van der Waals surface area contributed by atoms with E-state index in [0.29, 0.717) is 11.4 Å². The first kappa shape index (κ1) is 18.4. The minimum absolute atomic E-state index is 0.0797. The lowest BCUT2D eigenvalue weighted by Gasteiger charge is -2.14. The lowest BCUT2D eigenvalue weighted by Crippen LogP contribution is -2.14. The van der Waals surface area contributed by atoms with Gasteiger partial charge in [0.2, 0.25) is 0 Å². The average Bonchev–Trinajstić information content (AvgIpc) is 2.64. The second-order valence-corrected chi connectivity index (χ2v) is 5.87. The van der Waals surface area contributed by atoms with E-state index in [1.165, 1.54) is 36.5 Å². The van der Waals surface area contributed by atoms with Gasteiger partial charge in [0.05, 0.1) is 23.1 Å². The number of alkyl halides is 3. The number of carbonyl (C=O) groups excluding carboxylic acids is 1.